The van der Waals surface area contributed by atoms with E-state index in [-0.39, 0.29) is 37.0 Å². The van der Waals surface area contributed by atoms with Gasteiger partial charge in [0, 0.05) is 13.1 Å². The molecular weight excluding hydrogens is 350 g/mol. The molecule has 0 radical (unpaired) electrons. The zero-order chi connectivity index (χ0) is 20.0. The van der Waals surface area contributed by atoms with Crippen molar-refractivity contribution in [2.45, 2.75) is 38.8 Å². The molecule has 0 bridgehead atoms. The molecule has 0 unspecified atom stereocenters. The fraction of sp³-hybridized carbons (Fsp3) is 0.526. The number of hydrogen-bond acceptors (Lipinski definition) is 6. The number of nitrogens with one attached hydrogen (secondary N) is 2. The van der Waals surface area contributed by atoms with Crippen LogP contribution in [-0.2, 0) is 14.3 Å². The summed E-state index contributed by atoms with van der Waals surface area (Å²) in [5.74, 6) is -0.362. The third-order valence-corrected chi connectivity index (χ3v) is 3.94. The van der Waals surface area contributed by atoms with E-state index in [4.69, 9.17) is 9.47 Å². The summed E-state index contributed by atoms with van der Waals surface area (Å²) in [7, 11) is 2.88. The summed E-state index contributed by atoms with van der Waals surface area (Å²) in [6, 6.07) is 5.10. The summed E-state index contributed by atoms with van der Waals surface area (Å²) in [5.41, 5.74) is 0.858. The molecule has 27 heavy (non-hydrogen) atoms. The third kappa shape index (κ3) is 6.47. The number of rotatable bonds is 9. The van der Waals surface area contributed by atoms with E-state index in [0.717, 1.165) is 12.8 Å². The summed E-state index contributed by atoms with van der Waals surface area (Å²) in [5, 5.41) is 5.84. The van der Waals surface area contributed by atoms with Gasteiger partial charge in [0.05, 0.1) is 37.6 Å². The van der Waals surface area contributed by atoms with Crippen LogP contribution in [-0.4, -0.2) is 62.1 Å². The molecule has 0 atom stereocenters. The van der Waals surface area contributed by atoms with Crippen LogP contribution < -0.4 is 15.4 Å². The van der Waals surface area contributed by atoms with Crippen LogP contribution in [0.4, 0.5) is 5.69 Å². The number of esters is 1. The van der Waals surface area contributed by atoms with Crippen molar-refractivity contribution in [3.63, 3.8) is 0 Å². The number of methoxy groups -OCH3 is 1. The second-order valence-electron chi connectivity index (χ2n) is 6.81. The smallest absolute Gasteiger partial charge is 0.337 e. The number of ether oxygens (including phenoxy) is 2. The highest BCUT2D eigenvalue weighted by Crippen LogP contribution is 2.27. The van der Waals surface area contributed by atoms with Crippen LogP contribution in [0.3, 0.4) is 0 Å². The standard InChI is InChI=1S/C19H27N3O5/c1-12(2)27-16-8-5-13(19(25)26-4)9-15(16)20-10-18(24)22(3)11-17(23)21-14-6-7-14/h5,8-9,12,14,20H,6-7,10-11H2,1-4H3,(H,21,23). The molecule has 0 aliphatic heterocycles. The predicted octanol–water partition coefficient (Wildman–Crippen LogP) is 1.41. The number of amides is 2. The number of carbonyl (C=O) groups is 3. The first-order valence-corrected chi connectivity index (χ1v) is 8.96. The lowest BCUT2D eigenvalue weighted by atomic mass is 10.2. The maximum atomic E-state index is 12.3. The van der Waals surface area contributed by atoms with E-state index in [1.54, 1.807) is 25.2 Å². The minimum absolute atomic E-state index is 0.00850. The zero-order valence-electron chi connectivity index (χ0n) is 16.2. The zero-order valence-corrected chi connectivity index (χ0v) is 16.2. The van der Waals surface area contributed by atoms with Gasteiger partial charge in [-0.3, -0.25) is 9.59 Å². The van der Waals surface area contributed by atoms with Gasteiger partial charge >= 0.3 is 5.97 Å². The van der Waals surface area contributed by atoms with Gasteiger partial charge in [-0.05, 0) is 44.9 Å². The highest BCUT2D eigenvalue weighted by atomic mass is 16.5. The normalized spacial score (nSPS) is 13.1. The van der Waals surface area contributed by atoms with Crippen LogP contribution >= 0.6 is 0 Å². The number of hydrogen-bond donors (Lipinski definition) is 2. The summed E-state index contributed by atoms with van der Waals surface area (Å²) in [6.07, 6.45) is 1.93. The van der Waals surface area contributed by atoms with Crippen LogP contribution in [0.5, 0.6) is 5.75 Å². The molecule has 0 spiro atoms. The summed E-state index contributed by atoms with van der Waals surface area (Å²) >= 11 is 0. The van der Waals surface area contributed by atoms with Crippen LogP contribution in [0, 0.1) is 0 Å². The molecule has 2 amide bonds. The highest BCUT2D eigenvalue weighted by Gasteiger charge is 2.24. The molecule has 1 aromatic carbocycles. The van der Waals surface area contributed by atoms with Crippen molar-refractivity contribution >= 4 is 23.5 Å². The van der Waals surface area contributed by atoms with E-state index in [2.05, 4.69) is 10.6 Å². The monoisotopic (exact) mass is 377 g/mol. The predicted molar refractivity (Wildman–Crippen MR) is 101 cm³/mol. The van der Waals surface area contributed by atoms with Crippen LogP contribution in [0.2, 0.25) is 0 Å². The fourth-order valence-corrected chi connectivity index (χ4v) is 2.38. The van der Waals surface area contributed by atoms with E-state index in [9.17, 15) is 14.4 Å². The Balaban J connectivity index is 1.99. The van der Waals surface area contributed by atoms with E-state index in [1.807, 2.05) is 13.8 Å². The Morgan fingerprint density at radius 3 is 2.56 bits per heavy atom. The van der Waals surface area contributed by atoms with Crippen molar-refractivity contribution in [3.05, 3.63) is 23.8 Å². The van der Waals surface area contributed by atoms with Crippen molar-refractivity contribution < 1.29 is 23.9 Å². The number of benzene rings is 1. The average molecular weight is 377 g/mol. The Bertz CT molecular complexity index is 701. The Hall–Kier alpha value is -2.77. The molecule has 1 aliphatic carbocycles. The molecule has 2 N–H and O–H groups in total. The molecule has 8 heteroatoms. The molecule has 0 heterocycles. The highest BCUT2D eigenvalue weighted by molar-refractivity contribution is 5.92. The van der Waals surface area contributed by atoms with Gasteiger partial charge in [0.15, 0.2) is 0 Å². The summed E-state index contributed by atoms with van der Waals surface area (Å²) in [4.78, 5) is 37.2. The van der Waals surface area contributed by atoms with Crippen LogP contribution in [0.1, 0.15) is 37.0 Å². The van der Waals surface area contributed by atoms with Crippen molar-refractivity contribution in [2.75, 3.05) is 32.6 Å². The topological polar surface area (TPSA) is 97.0 Å². The molecule has 1 fully saturated rings. The lowest BCUT2D eigenvalue weighted by Crippen LogP contribution is -2.41. The molecular formula is C19H27N3O5. The number of carbonyl (C=O) groups excluding carboxylic acids is 3. The van der Waals surface area contributed by atoms with Gasteiger partial charge in [-0.25, -0.2) is 4.79 Å². The lowest BCUT2D eigenvalue weighted by Gasteiger charge is -2.19. The first kappa shape index (κ1) is 20.5. The fourth-order valence-electron chi connectivity index (χ4n) is 2.38. The lowest BCUT2D eigenvalue weighted by molar-refractivity contribution is -0.133. The van der Waals surface area contributed by atoms with Gasteiger partial charge in [-0.2, -0.15) is 0 Å². The van der Waals surface area contributed by atoms with Gasteiger partial charge in [0.1, 0.15) is 5.75 Å². The average Bonchev–Trinajstić information content (AvgIpc) is 3.42. The van der Waals surface area contributed by atoms with Gasteiger partial charge in [-0.1, -0.05) is 0 Å². The SMILES string of the molecule is COC(=O)c1ccc(OC(C)C)c(NCC(=O)N(C)CC(=O)NC2CC2)c1. The maximum Gasteiger partial charge on any atom is 0.337 e. The second-order valence-corrected chi connectivity index (χ2v) is 6.81. The largest absolute Gasteiger partial charge is 0.489 e. The van der Waals surface area contributed by atoms with Crippen molar-refractivity contribution in [1.29, 1.82) is 0 Å². The van der Waals surface area contributed by atoms with E-state index >= 15 is 0 Å². The number of anilines is 1. The summed E-state index contributed by atoms with van der Waals surface area (Å²) in [6.45, 7) is 3.74. The maximum absolute atomic E-state index is 12.3. The molecule has 148 valence electrons. The van der Waals surface area contributed by atoms with E-state index in [0.29, 0.717) is 17.0 Å². The van der Waals surface area contributed by atoms with E-state index in [1.165, 1.54) is 12.0 Å². The van der Waals surface area contributed by atoms with Crippen molar-refractivity contribution in [3.8, 4) is 5.75 Å². The van der Waals surface area contributed by atoms with Crippen LogP contribution in [0.15, 0.2) is 18.2 Å². The Labute approximate surface area is 159 Å². The molecule has 1 saturated carbocycles. The minimum Gasteiger partial charge on any atom is -0.489 e. The van der Waals surface area contributed by atoms with E-state index < -0.39 is 5.97 Å². The molecule has 2 rings (SSSR count). The Morgan fingerprint density at radius 2 is 1.96 bits per heavy atom. The molecule has 0 aromatic heterocycles. The van der Waals surface area contributed by atoms with Crippen molar-refractivity contribution in [2.24, 2.45) is 0 Å². The first-order chi connectivity index (χ1) is 12.8. The summed E-state index contributed by atoms with van der Waals surface area (Å²) < 4.78 is 10.4. The first-order valence-electron chi connectivity index (χ1n) is 8.96. The molecule has 8 nitrogen and oxygen atoms in total. The van der Waals surface area contributed by atoms with Gasteiger partial charge < -0.3 is 25.0 Å². The van der Waals surface area contributed by atoms with Crippen LogP contribution in [0.25, 0.3) is 0 Å². The number of likely N-dealkylation sites (N-methyl/N-ethyl adjacent to an activating group) is 1. The van der Waals surface area contributed by atoms with Gasteiger partial charge in [0.25, 0.3) is 0 Å². The van der Waals surface area contributed by atoms with Crippen molar-refractivity contribution in [1.82, 2.24) is 10.2 Å². The van der Waals surface area contributed by atoms with Gasteiger partial charge in [0.2, 0.25) is 11.8 Å². The number of nitrogens with zero attached hydrogens (tertiary/aromatic N) is 1. The molecule has 1 aromatic rings. The quantitative estimate of drug-likeness (QED) is 0.632. The Kier molecular flexibility index (Phi) is 7.04. The van der Waals surface area contributed by atoms with Gasteiger partial charge in [-0.15, -0.1) is 0 Å². The molecule has 1 aliphatic rings. The minimum atomic E-state index is -0.477. The third-order valence-electron chi connectivity index (χ3n) is 3.94. The molecule has 0 saturated heterocycles. The Morgan fingerprint density at radius 1 is 1.26 bits per heavy atom. The second kappa shape index (κ2) is 9.25.